The van der Waals surface area contributed by atoms with E-state index in [0.717, 1.165) is 6.07 Å². The highest BCUT2D eigenvalue weighted by atomic mass is 35.5. The van der Waals surface area contributed by atoms with Crippen LogP contribution in [0.3, 0.4) is 0 Å². The van der Waals surface area contributed by atoms with Crippen LogP contribution in [0.15, 0.2) is 29.8 Å². The van der Waals surface area contributed by atoms with E-state index in [-0.39, 0.29) is 11.4 Å². The van der Waals surface area contributed by atoms with Crippen LogP contribution in [0.1, 0.15) is 33.3 Å². The zero-order valence-corrected chi connectivity index (χ0v) is 15.3. The van der Waals surface area contributed by atoms with Crippen LogP contribution >= 0.6 is 11.6 Å². The zero-order valence-electron chi connectivity index (χ0n) is 14.5. The van der Waals surface area contributed by atoms with Gasteiger partial charge in [-0.25, -0.2) is 4.39 Å². The highest BCUT2D eigenvalue weighted by Gasteiger charge is 2.40. The van der Waals surface area contributed by atoms with Crippen LogP contribution in [0.4, 0.5) is 4.39 Å². The monoisotopic (exact) mass is 366 g/mol. The Kier molecular flexibility index (Phi) is 5.16. The van der Waals surface area contributed by atoms with Crippen LogP contribution in [-0.4, -0.2) is 28.7 Å². The largest absolute Gasteiger partial charge is 0.299 e. The molecule has 0 radical (unpaired) electrons. The molecular weight excluding hydrogens is 347 g/mol. The van der Waals surface area contributed by atoms with Gasteiger partial charge in [-0.2, -0.15) is 0 Å². The summed E-state index contributed by atoms with van der Waals surface area (Å²) in [5.41, 5.74) is -0.339. The van der Waals surface area contributed by atoms with E-state index in [9.17, 15) is 18.8 Å². The highest BCUT2D eigenvalue weighted by molar-refractivity contribution is 6.40. The van der Waals surface area contributed by atoms with Gasteiger partial charge in [-0.05, 0) is 45.4 Å². The molecule has 2 amide bonds. The molecule has 0 bridgehead atoms. The van der Waals surface area contributed by atoms with Crippen molar-refractivity contribution in [3.8, 4) is 0 Å². The van der Waals surface area contributed by atoms with Gasteiger partial charge in [0.05, 0.1) is 5.02 Å². The third-order valence-electron chi connectivity index (χ3n) is 3.89. The minimum absolute atomic E-state index is 0.0682. The fraction of sp³-hybridized carbons (Fsp3) is 0.389. The van der Waals surface area contributed by atoms with E-state index < -0.39 is 34.5 Å². The minimum Gasteiger partial charge on any atom is -0.299 e. The van der Waals surface area contributed by atoms with Crippen LogP contribution in [0.25, 0.3) is 0 Å². The van der Waals surface area contributed by atoms with Gasteiger partial charge >= 0.3 is 0 Å². The molecule has 134 valence electrons. The summed E-state index contributed by atoms with van der Waals surface area (Å²) < 4.78 is 13.4. The number of ketones is 1. The molecule has 2 rings (SSSR count). The smallest absolute Gasteiger partial charge is 0.294 e. The van der Waals surface area contributed by atoms with E-state index in [0.29, 0.717) is 11.1 Å². The van der Waals surface area contributed by atoms with Crippen molar-refractivity contribution in [3.63, 3.8) is 0 Å². The van der Waals surface area contributed by atoms with Crippen molar-refractivity contribution >= 4 is 29.2 Å². The van der Waals surface area contributed by atoms with E-state index in [4.69, 9.17) is 11.6 Å². The number of imide groups is 1. The maximum atomic E-state index is 13.4. The van der Waals surface area contributed by atoms with Gasteiger partial charge in [0.25, 0.3) is 11.8 Å². The van der Waals surface area contributed by atoms with Crippen LogP contribution in [0.5, 0.6) is 0 Å². The second-order valence-corrected chi connectivity index (χ2v) is 7.57. The molecule has 1 aliphatic rings. The molecule has 1 heterocycles. The van der Waals surface area contributed by atoms with Gasteiger partial charge in [0.2, 0.25) is 5.78 Å². The molecule has 0 fully saturated rings. The Labute approximate surface area is 150 Å². The maximum absolute atomic E-state index is 13.4. The molecule has 1 aliphatic heterocycles. The zero-order chi connectivity index (χ0) is 19.0. The third kappa shape index (κ3) is 4.52. The molecule has 0 aromatic heterocycles. The number of rotatable bonds is 4. The highest BCUT2D eigenvalue weighted by Crippen LogP contribution is 2.29. The van der Waals surface area contributed by atoms with Gasteiger partial charge in [-0.15, -0.1) is 0 Å². The first-order chi connectivity index (χ1) is 11.4. The van der Waals surface area contributed by atoms with Crippen molar-refractivity contribution in [1.82, 2.24) is 10.6 Å². The molecule has 7 heteroatoms. The van der Waals surface area contributed by atoms with E-state index in [2.05, 4.69) is 10.6 Å². The Hall–Kier alpha value is -2.05. The first-order valence-corrected chi connectivity index (χ1v) is 8.14. The first-order valence-electron chi connectivity index (χ1n) is 7.76. The van der Waals surface area contributed by atoms with Crippen molar-refractivity contribution in [1.29, 1.82) is 0 Å². The Morgan fingerprint density at radius 1 is 1.20 bits per heavy atom. The lowest BCUT2D eigenvalue weighted by Gasteiger charge is -2.27. The predicted molar refractivity (Wildman–Crippen MR) is 92.6 cm³/mol. The number of amides is 2. The second kappa shape index (κ2) is 6.69. The number of hydrogen-bond acceptors (Lipinski definition) is 4. The van der Waals surface area contributed by atoms with Crippen molar-refractivity contribution in [2.24, 2.45) is 0 Å². The molecule has 1 aromatic rings. The summed E-state index contributed by atoms with van der Waals surface area (Å²) in [5, 5.41) is 5.29. The standard InChI is InChI=1S/C18H20ClFN2O3/c1-17(2)9-11(18(3,4)22-17)15(24)21-16(25)14(23)8-10-5-6-12(19)13(20)7-10/h5-7,9,22H,8H2,1-4H3,(H,21,24,25). The molecule has 0 unspecified atom stereocenters. The molecule has 2 N–H and O–H groups in total. The molecular formula is C18H20ClFN2O3. The van der Waals surface area contributed by atoms with Gasteiger partial charge < -0.3 is 0 Å². The fourth-order valence-corrected chi connectivity index (χ4v) is 3.07. The van der Waals surface area contributed by atoms with Crippen molar-refractivity contribution < 1.29 is 18.8 Å². The van der Waals surface area contributed by atoms with Gasteiger partial charge in [0.1, 0.15) is 5.82 Å². The number of hydrogen-bond donors (Lipinski definition) is 2. The molecule has 0 saturated carbocycles. The Morgan fingerprint density at radius 2 is 1.84 bits per heavy atom. The summed E-state index contributed by atoms with van der Waals surface area (Å²) >= 11 is 5.57. The molecule has 25 heavy (non-hydrogen) atoms. The summed E-state index contributed by atoms with van der Waals surface area (Å²) in [6.45, 7) is 7.43. The van der Waals surface area contributed by atoms with E-state index in [1.54, 1.807) is 6.08 Å². The van der Waals surface area contributed by atoms with Crippen molar-refractivity contribution in [2.75, 3.05) is 0 Å². The molecule has 0 atom stereocenters. The van der Waals surface area contributed by atoms with Crippen molar-refractivity contribution in [3.05, 3.63) is 46.3 Å². The molecule has 1 aromatic carbocycles. The van der Waals surface area contributed by atoms with Gasteiger partial charge in [-0.1, -0.05) is 23.7 Å². The van der Waals surface area contributed by atoms with Crippen LogP contribution in [-0.2, 0) is 20.8 Å². The first kappa shape index (κ1) is 19.3. The van der Waals surface area contributed by atoms with E-state index in [1.165, 1.54) is 12.1 Å². The number of carbonyl (C=O) groups excluding carboxylic acids is 3. The topological polar surface area (TPSA) is 75.3 Å². The number of Topliss-reactive ketones (excluding diaryl/α,β-unsaturated/α-hetero) is 1. The second-order valence-electron chi connectivity index (χ2n) is 7.16. The van der Waals surface area contributed by atoms with Crippen LogP contribution < -0.4 is 10.6 Å². The van der Waals surface area contributed by atoms with Crippen LogP contribution in [0.2, 0.25) is 5.02 Å². The third-order valence-corrected chi connectivity index (χ3v) is 4.19. The van der Waals surface area contributed by atoms with Gasteiger partial charge in [0, 0.05) is 23.1 Å². The molecule has 5 nitrogen and oxygen atoms in total. The van der Waals surface area contributed by atoms with E-state index in [1.807, 2.05) is 27.7 Å². The fourth-order valence-electron chi connectivity index (χ4n) is 2.95. The summed E-state index contributed by atoms with van der Waals surface area (Å²) in [4.78, 5) is 36.3. The minimum atomic E-state index is -1.03. The Balaban J connectivity index is 2.05. The molecule has 0 saturated heterocycles. The van der Waals surface area contributed by atoms with Crippen LogP contribution in [0, 0.1) is 5.82 Å². The summed E-state index contributed by atoms with van der Waals surface area (Å²) in [6.07, 6.45) is 1.41. The summed E-state index contributed by atoms with van der Waals surface area (Å²) in [6, 6.07) is 3.85. The predicted octanol–water partition coefficient (Wildman–Crippen LogP) is 2.32. The lowest BCUT2D eigenvalue weighted by molar-refractivity contribution is -0.140. The lowest BCUT2D eigenvalue weighted by Crippen LogP contribution is -2.48. The number of benzene rings is 1. The maximum Gasteiger partial charge on any atom is 0.294 e. The average molecular weight is 367 g/mol. The number of nitrogens with one attached hydrogen (secondary N) is 2. The quantitative estimate of drug-likeness (QED) is 0.802. The van der Waals surface area contributed by atoms with E-state index >= 15 is 0 Å². The summed E-state index contributed by atoms with van der Waals surface area (Å²) in [5.74, 6) is -3.15. The molecule has 0 spiro atoms. The Bertz CT molecular complexity index is 785. The SMILES string of the molecule is CC1(C)C=C(C(=O)NC(=O)C(=O)Cc2ccc(Cl)c(F)c2)C(C)(C)N1. The number of carbonyl (C=O) groups is 3. The normalized spacial score (nSPS) is 17.8. The van der Waals surface area contributed by atoms with Crippen molar-refractivity contribution in [2.45, 2.75) is 45.2 Å². The Morgan fingerprint density at radius 3 is 2.36 bits per heavy atom. The summed E-state index contributed by atoms with van der Waals surface area (Å²) in [7, 11) is 0. The lowest BCUT2D eigenvalue weighted by atomic mass is 9.96. The molecule has 0 aliphatic carbocycles. The van der Waals surface area contributed by atoms with Gasteiger partial charge in [0.15, 0.2) is 0 Å². The average Bonchev–Trinajstić information content (AvgIpc) is 2.70. The van der Waals surface area contributed by atoms with Gasteiger partial charge in [-0.3, -0.25) is 25.0 Å². The number of halogens is 2.